The average Bonchev–Trinajstić information content (AvgIpc) is 2.67. The molecule has 0 bridgehead atoms. The fourth-order valence-electron chi connectivity index (χ4n) is 2.26. The van der Waals surface area contributed by atoms with Crippen LogP contribution >= 0.6 is 0 Å². The molecule has 1 N–H and O–H groups in total. The maximum absolute atomic E-state index is 12.4. The van der Waals surface area contributed by atoms with Crippen molar-refractivity contribution in [2.45, 2.75) is 6.54 Å². The molecular weight excluding hydrogens is 300 g/mol. The summed E-state index contributed by atoms with van der Waals surface area (Å²) < 4.78 is 0. The van der Waals surface area contributed by atoms with Crippen LogP contribution in [-0.4, -0.2) is 22.9 Å². The summed E-state index contributed by atoms with van der Waals surface area (Å²) >= 11 is 0. The molecule has 0 saturated heterocycles. The van der Waals surface area contributed by atoms with Crippen LogP contribution in [0.2, 0.25) is 0 Å². The van der Waals surface area contributed by atoms with Crippen LogP contribution < -0.4 is 10.2 Å². The Labute approximate surface area is 141 Å². The number of amides is 1. The number of rotatable bonds is 5. The van der Waals surface area contributed by atoms with Crippen LogP contribution in [0.1, 0.15) is 16.1 Å². The Balaban J connectivity index is 1.64. The number of anilines is 2. The van der Waals surface area contributed by atoms with E-state index in [9.17, 15) is 4.79 Å². The summed E-state index contributed by atoms with van der Waals surface area (Å²) in [6, 6.07) is 19.5. The molecule has 3 aromatic rings. The SMILES string of the molecule is CN(C(=O)c1cnc(NCc2ccccc2)cn1)c1ccccc1. The molecule has 0 aliphatic carbocycles. The van der Waals surface area contributed by atoms with E-state index in [4.69, 9.17) is 0 Å². The highest BCUT2D eigenvalue weighted by atomic mass is 16.2. The van der Waals surface area contributed by atoms with E-state index in [1.165, 1.54) is 6.20 Å². The molecule has 0 radical (unpaired) electrons. The zero-order chi connectivity index (χ0) is 16.8. The molecule has 0 fully saturated rings. The van der Waals surface area contributed by atoms with E-state index in [0.717, 1.165) is 11.3 Å². The number of hydrogen-bond acceptors (Lipinski definition) is 4. The van der Waals surface area contributed by atoms with Crippen LogP contribution in [-0.2, 0) is 6.54 Å². The van der Waals surface area contributed by atoms with Gasteiger partial charge in [-0.3, -0.25) is 4.79 Å². The third-order valence-corrected chi connectivity index (χ3v) is 3.64. The van der Waals surface area contributed by atoms with Crippen molar-refractivity contribution in [3.63, 3.8) is 0 Å². The molecule has 0 aliphatic heterocycles. The molecule has 2 aromatic carbocycles. The third kappa shape index (κ3) is 3.76. The quantitative estimate of drug-likeness (QED) is 0.783. The predicted molar refractivity (Wildman–Crippen MR) is 95.0 cm³/mol. The maximum Gasteiger partial charge on any atom is 0.278 e. The van der Waals surface area contributed by atoms with Gasteiger partial charge in [-0.15, -0.1) is 0 Å². The highest BCUT2D eigenvalue weighted by Gasteiger charge is 2.15. The van der Waals surface area contributed by atoms with Crippen molar-refractivity contribution in [2.75, 3.05) is 17.3 Å². The summed E-state index contributed by atoms with van der Waals surface area (Å²) in [6.07, 6.45) is 3.07. The second kappa shape index (κ2) is 7.37. The van der Waals surface area contributed by atoms with Gasteiger partial charge in [0.05, 0.1) is 12.4 Å². The van der Waals surface area contributed by atoms with Crippen molar-refractivity contribution in [3.8, 4) is 0 Å². The number of carbonyl (C=O) groups excluding carboxylic acids is 1. The zero-order valence-corrected chi connectivity index (χ0v) is 13.4. The summed E-state index contributed by atoms with van der Waals surface area (Å²) in [5.74, 6) is 0.445. The number of hydrogen-bond donors (Lipinski definition) is 1. The van der Waals surface area contributed by atoms with Crippen LogP contribution in [0, 0.1) is 0 Å². The summed E-state index contributed by atoms with van der Waals surface area (Å²) in [7, 11) is 1.72. The summed E-state index contributed by atoms with van der Waals surface area (Å²) in [5.41, 5.74) is 2.28. The standard InChI is InChI=1S/C19H18N4O/c1-23(16-10-6-3-7-11-16)19(24)17-13-22-18(14-20-17)21-12-15-8-4-2-5-9-15/h2-11,13-14H,12H2,1H3,(H,21,22). The van der Waals surface area contributed by atoms with Gasteiger partial charge >= 0.3 is 0 Å². The molecule has 0 atom stereocenters. The van der Waals surface area contributed by atoms with E-state index < -0.39 is 0 Å². The molecule has 120 valence electrons. The van der Waals surface area contributed by atoms with Crippen molar-refractivity contribution in [1.29, 1.82) is 0 Å². The van der Waals surface area contributed by atoms with Gasteiger partial charge in [-0.05, 0) is 17.7 Å². The number of aromatic nitrogens is 2. The molecule has 5 nitrogen and oxygen atoms in total. The van der Waals surface area contributed by atoms with Gasteiger partial charge < -0.3 is 10.2 Å². The summed E-state index contributed by atoms with van der Waals surface area (Å²) in [4.78, 5) is 22.5. The van der Waals surface area contributed by atoms with Crippen LogP contribution in [0.25, 0.3) is 0 Å². The first kappa shape index (κ1) is 15.7. The maximum atomic E-state index is 12.4. The smallest absolute Gasteiger partial charge is 0.278 e. The van der Waals surface area contributed by atoms with E-state index in [0.29, 0.717) is 18.1 Å². The zero-order valence-electron chi connectivity index (χ0n) is 13.4. The Kier molecular flexibility index (Phi) is 4.81. The highest BCUT2D eigenvalue weighted by Crippen LogP contribution is 2.14. The number of carbonyl (C=O) groups is 1. The van der Waals surface area contributed by atoms with Gasteiger partial charge in [0.25, 0.3) is 5.91 Å². The van der Waals surface area contributed by atoms with Crippen molar-refractivity contribution in [1.82, 2.24) is 9.97 Å². The average molecular weight is 318 g/mol. The monoisotopic (exact) mass is 318 g/mol. The van der Waals surface area contributed by atoms with Crippen LogP contribution in [0.15, 0.2) is 73.1 Å². The van der Waals surface area contributed by atoms with E-state index in [-0.39, 0.29) is 5.91 Å². The van der Waals surface area contributed by atoms with Crippen molar-refractivity contribution in [2.24, 2.45) is 0 Å². The largest absolute Gasteiger partial charge is 0.365 e. The van der Waals surface area contributed by atoms with E-state index in [2.05, 4.69) is 15.3 Å². The second-order valence-corrected chi connectivity index (χ2v) is 5.33. The van der Waals surface area contributed by atoms with Gasteiger partial charge in [-0.25, -0.2) is 9.97 Å². The van der Waals surface area contributed by atoms with Gasteiger partial charge in [-0.1, -0.05) is 48.5 Å². The van der Waals surface area contributed by atoms with Crippen LogP contribution in [0.5, 0.6) is 0 Å². The number of nitrogens with one attached hydrogen (secondary N) is 1. The van der Waals surface area contributed by atoms with Crippen molar-refractivity contribution in [3.05, 3.63) is 84.3 Å². The first-order valence-electron chi connectivity index (χ1n) is 7.67. The molecule has 5 heteroatoms. The molecule has 1 aromatic heterocycles. The Morgan fingerprint density at radius 1 is 0.958 bits per heavy atom. The second-order valence-electron chi connectivity index (χ2n) is 5.33. The number of benzene rings is 2. The predicted octanol–water partition coefficient (Wildman–Crippen LogP) is 3.37. The minimum Gasteiger partial charge on any atom is -0.365 e. The van der Waals surface area contributed by atoms with Crippen LogP contribution in [0.3, 0.4) is 0 Å². The van der Waals surface area contributed by atoms with E-state index in [1.807, 2.05) is 60.7 Å². The fraction of sp³-hybridized carbons (Fsp3) is 0.105. The summed E-state index contributed by atoms with van der Waals surface area (Å²) in [5, 5.41) is 3.19. The molecule has 1 heterocycles. The van der Waals surface area contributed by atoms with Gasteiger partial charge in [0, 0.05) is 19.3 Å². The Morgan fingerprint density at radius 3 is 2.25 bits per heavy atom. The molecule has 0 aliphatic rings. The molecule has 24 heavy (non-hydrogen) atoms. The normalized spacial score (nSPS) is 10.2. The Morgan fingerprint density at radius 2 is 1.62 bits per heavy atom. The first-order valence-corrected chi connectivity index (χ1v) is 7.67. The molecular formula is C19H18N4O. The number of para-hydroxylation sites is 1. The summed E-state index contributed by atoms with van der Waals surface area (Å²) in [6.45, 7) is 0.659. The van der Waals surface area contributed by atoms with Crippen molar-refractivity contribution < 1.29 is 4.79 Å². The molecule has 0 saturated carbocycles. The third-order valence-electron chi connectivity index (χ3n) is 3.64. The Bertz CT molecular complexity index is 789. The van der Waals surface area contributed by atoms with Gasteiger partial charge in [0.1, 0.15) is 11.5 Å². The molecule has 1 amide bonds. The topological polar surface area (TPSA) is 58.1 Å². The van der Waals surface area contributed by atoms with Gasteiger partial charge in [-0.2, -0.15) is 0 Å². The lowest BCUT2D eigenvalue weighted by Crippen LogP contribution is -2.27. The van der Waals surface area contributed by atoms with E-state index in [1.54, 1.807) is 18.1 Å². The lowest BCUT2D eigenvalue weighted by atomic mass is 10.2. The molecule has 3 rings (SSSR count). The highest BCUT2D eigenvalue weighted by molar-refractivity contribution is 6.04. The van der Waals surface area contributed by atoms with Crippen LogP contribution in [0.4, 0.5) is 11.5 Å². The molecule has 0 spiro atoms. The van der Waals surface area contributed by atoms with Gasteiger partial charge in [0.2, 0.25) is 0 Å². The van der Waals surface area contributed by atoms with Crippen molar-refractivity contribution >= 4 is 17.4 Å². The first-order chi connectivity index (χ1) is 11.7. The minimum atomic E-state index is -0.191. The Hall–Kier alpha value is -3.21. The molecule has 0 unspecified atom stereocenters. The van der Waals surface area contributed by atoms with E-state index >= 15 is 0 Å². The minimum absolute atomic E-state index is 0.191. The lowest BCUT2D eigenvalue weighted by molar-refractivity contribution is 0.0988. The lowest BCUT2D eigenvalue weighted by Gasteiger charge is -2.16. The van der Waals surface area contributed by atoms with Gasteiger partial charge in [0.15, 0.2) is 0 Å². The fourth-order valence-corrected chi connectivity index (χ4v) is 2.26. The number of nitrogens with zero attached hydrogens (tertiary/aromatic N) is 3.